The summed E-state index contributed by atoms with van der Waals surface area (Å²) in [4.78, 5) is 11.2. The van der Waals surface area contributed by atoms with E-state index in [0.717, 1.165) is 5.56 Å². The van der Waals surface area contributed by atoms with E-state index in [2.05, 4.69) is 21.2 Å². The first-order valence-corrected chi connectivity index (χ1v) is 4.69. The minimum atomic E-state index is -0.354. The maximum absolute atomic E-state index is 13.0. The van der Waals surface area contributed by atoms with Gasteiger partial charge < -0.3 is 5.32 Å². The first-order valence-electron chi connectivity index (χ1n) is 3.90. The van der Waals surface area contributed by atoms with Gasteiger partial charge in [-0.15, -0.1) is 0 Å². The van der Waals surface area contributed by atoms with E-state index >= 15 is 0 Å². The predicted molar refractivity (Wildman–Crippen MR) is 51.1 cm³/mol. The molecule has 1 aliphatic heterocycles. The average molecular weight is 244 g/mol. The second-order valence-electron chi connectivity index (χ2n) is 3.04. The molecule has 1 aromatic rings. The van der Waals surface area contributed by atoms with Gasteiger partial charge in [0.15, 0.2) is 0 Å². The van der Waals surface area contributed by atoms with Crippen LogP contribution in [-0.4, -0.2) is 5.91 Å². The summed E-state index contributed by atoms with van der Waals surface area (Å²) in [5, 5.41) is 2.63. The van der Waals surface area contributed by atoms with Crippen molar-refractivity contribution in [2.75, 3.05) is 5.32 Å². The van der Waals surface area contributed by atoms with Crippen molar-refractivity contribution in [3.8, 4) is 0 Å². The number of fused-ring (bicyclic) bond motifs is 1. The van der Waals surface area contributed by atoms with Crippen LogP contribution in [0.2, 0.25) is 0 Å². The van der Waals surface area contributed by atoms with Crippen molar-refractivity contribution in [1.29, 1.82) is 0 Å². The zero-order valence-corrected chi connectivity index (χ0v) is 8.48. The third-order valence-electron chi connectivity index (χ3n) is 2.24. The number of rotatable bonds is 0. The molecule has 2 rings (SSSR count). The highest BCUT2D eigenvalue weighted by atomic mass is 79.9. The number of anilines is 1. The van der Waals surface area contributed by atoms with Crippen molar-refractivity contribution in [2.24, 2.45) is 0 Å². The minimum absolute atomic E-state index is 0.0821. The highest BCUT2D eigenvalue weighted by Crippen LogP contribution is 2.38. The quantitative estimate of drug-likeness (QED) is 0.746. The van der Waals surface area contributed by atoms with Gasteiger partial charge in [-0.1, -0.05) is 6.07 Å². The van der Waals surface area contributed by atoms with Crippen LogP contribution >= 0.6 is 15.9 Å². The van der Waals surface area contributed by atoms with E-state index in [9.17, 15) is 9.18 Å². The Morgan fingerprint density at radius 3 is 2.92 bits per heavy atom. The largest absolute Gasteiger partial charge is 0.324 e. The number of nitrogens with one attached hydrogen (secondary N) is 1. The van der Waals surface area contributed by atoms with Crippen LogP contribution in [0.5, 0.6) is 0 Å². The Kier molecular flexibility index (Phi) is 1.87. The number of carbonyl (C=O) groups is 1. The third kappa shape index (κ3) is 1.16. The van der Waals surface area contributed by atoms with Crippen molar-refractivity contribution in [2.45, 2.75) is 12.8 Å². The number of hydrogen-bond acceptors (Lipinski definition) is 1. The van der Waals surface area contributed by atoms with Gasteiger partial charge in [-0.3, -0.25) is 4.79 Å². The maximum Gasteiger partial charge on any atom is 0.231 e. The second-order valence-corrected chi connectivity index (χ2v) is 3.83. The summed E-state index contributed by atoms with van der Waals surface area (Å²) >= 11 is 3.10. The van der Waals surface area contributed by atoms with Crippen LogP contribution in [0.1, 0.15) is 18.4 Å². The highest BCUT2D eigenvalue weighted by Gasteiger charge is 2.28. The van der Waals surface area contributed by atoms with E-state index < -0.39 is 0 Å². The summed E-state index contributed by atoms with van der Waals surface area (Å²) in [7, 11) is 0. The van der Waals surface area contributed by atoms with Crippen LogP contribution < -0.4 is 5.32 Å². The number of carbonyl (C=O) groups excluding carboxylic acids is 1. The van der Waals surface area contributed by atoms with Gasteiger partial charge in [-0.25, -0.2) is 4.39 Å². The molecule has 0 radical (unpaired) electrons. The molecule has 1 amide bonds. The molecule has 68 valence electrons. The van der Waals surface area contributed by atoms with Gasteiger partial charge in [-0.2, -0.15) is 0 Å². The fourth-order valence-electron chi connectivity index (χ4n) is 1.43. The van der Waals surface area contributed by atoms with Crippen molar-refractivity contribution < 1.29 is 9.18 Å². The molecular formula is C9H7BrFNO. The lowest BCUT2D eigenvalue weighted by molar-refractivity contribution is -0.116. The van der Waals surface area contributed by atoms with E-state index in [-0.39, 0.29) is 17.6 Å². The molecule has 0 fully saturated rings. The molecule has 1 atom stereocenters. The van der Waals surface area contributed by atoms with Gasteiger partial charge >= 0.3 is 0 Å². The maximum atomic E-state index is 13.0. The lowest BCUT2D eigenvalue weighted by Gasteiger charge is -2.02. The molecule has 0 bridgehead atoms. The molecule has 1 N–H and O–H groups in total. The highest BCUT2D eigenvalue weighted by molar-refractivity contribution is 9.10. The van der Waals surface area contributed by atoms with Gasteiger partial charge in [-0.05, 0) is 34.5 Å². The Bertz CT molecular complexity index is 391. The van der Waals surface area contributed by atoms with E-state index in [1.54, 1.807) is 13.0 Å². The van der Waals surface area contributed by atoms with Crippen LogP contribution in [0.4, 0.5) is 10.1 Å². The Balaban J connectivity index is 2.64. The Hall–Kier alpha value is -0.900. The molecule has 1 aliphatic rings. The molecule has 4 heteroatoms. The molecule has 1 unspecified atom stereocenters. The van der Waals surface area contributed by atoms with E-state index in [1.807, 2.05) is 0 Å². The standard InChI is InChI=1S/C9H7BrFNO/c1-4-5-2-3-6(11)7(10)8(5)12-9(4)13/h2-4H,1H3,(H,12,13). The topological polar surface area (TPSA) is 29.1 Å². The molecule has 0 spiro atoms. The number of halogens is 2. The van der Waals surface area contributed by atoms with Gasteiger partial charge in [0, 0.05) is 0 Å². The number of benzene rings is 1. The summed E-state index contributed by atoms with van der Waals surface area (Å²) in [5.41, 5.74) is 1.41. The number of amides is 1. The summed E-state index contributed by atoms with van der Waals surface area (Å²) in [6.45, 7) is 1.80. The summed E-state index contributed by atoms with van der Waals surface area (Å²) in [6, 6.07) is 3.00. The van der Waals surface area contributed by atoms with Gasteiger partial charge in [0.25, 0.3) is 0 Å². The lowest BCUT2D eigenvalue weighted by atomic mass is 10.0. The molecular weight excluding hydrogens is 237 g/mol. The summed E-state index contributed by atoms with van der Waals surface area (Å²) < 4.78 is 13.4. The Morgan fingerprint density at radius 1 is 1.54 bits per heavy atom. The van der Waals surface area contributed by atoms with E-state index in [4.69, 9.17) is 0 Å². The summed E-state index contributed by atoms with van der Waals surface area (Å²) in [5.74, 6) is -0.624. The first kappa shape index (κ1) is 8.69. The normalized spacial score (nSPS) is 19.9. The fourth-order valence-corrected chi connectivity index (χ4v) is 1.89. The molecule has 1 aromatic carbocycles. The second kappa shape index (κ2) is 2.80. The molecule has 0 aliphatic carbocycles. The molecule has 0 aromatic heterocycles. The molecule has 13 heavy (non-hydrogen) atoms. The van der Waals surface area contributed by atoms with E-state index in [1.165, 1.54) is 6.07 Å². The van der Waals surface area contributed by atoms with Crippen LogP contribution in [-0.2, 0) is 4.79 Å². The average Bonchev–Trinajstić information content (AvgIpc) is 2.38. The minimum Gasteiger partial charge on any atom is -0.324 e. The van der Waals surface area contributed by atoms with Crippen LogP contribution in [0.25, 0.3) is 0 Å². The van der Waals surface area contributed by atoms with Crippen molar-refractivity contribution in [3.05, 3.63) is 28.0 Å². The molecule has 0 saturated carbocycles. The SMILES string of the molecule is CC1C(=O)Nc2c1ccc(F)c2Br. The van der Waals surface area contributed by atoms with Gasteiger partial charge in [0.05, 0.1) is 16.1 Å². The monoisotopic (exact) mass is 243 g/mol. The van der Waals surface area contributed by atoms with Crippen LogP contribution in [0.3, 0.4) is 0 Å². The zero-order chi connectivity index (χ0) is 9.59. The van der Waals surface area contributed by atoms with Gasteiger partial charge in [0.2, 0.25) is 5.91 Å². The smallest absolute Gasteiger partial charge is 0.231 e. The lowest BCUT2D eigenvalue weighted by Crippen LogP contribution is -2.08. The van der Waals surface area contributed by atoms with Gasteiger partial charge in [0.1, 0.15) is 5.82 Å². The molecule has 1 heterocycles. The molecule has 2 nitrogen and oxygen atoms in total. The van der Waals surface area contributed by atoms with Crippen LogP contribution in [0, 0.1) is 5.82 Å². The number of hydrogen-bond donors (Lipinski definition) is 1. The Morgan fingerprint density at radius 2 is 2.23 bits per heavy atom. The predicted octanol–water partition coefficient (Wildman–Crippen LogP) is 2.64. The van der Waals surface area contributed by atoms with Crippen molar-refractivity contribution >= 4 is 27.5 Å². The fraction of sp³-hybridized carbons (Fsp3) is 0.222. The molecule has 0 saturated heterocycles. The zero-order valence-electron chi connectivity index (χ0n) is 6.90. The third-order valence-corrected chi connectivity index (χ3v) is 3.01. The Labute approximate surface area is 83.3 Å². The van der Waals surface area contributed by atoms with E-state index in [0.29, 0.717) is 10.2 Å². The van der Waals surface area contributed by atoms with Crippen molar-refractivity contribution in [1.82, 2.24) is 0 Å². The van der Waals surface area contributed by atoms with Crippen molar-refractivity contribution in [3.63, 3.8) is 0 Å². The van der Waals surface area contributed by atoms with Crippen LogP contribution in [0.15, 0.2) is 16.6 Å². The first-order chi connectivity index (χ1) is 6.11. The summed E-state index contributed by atoms with van der Waals surface area (Å²) in [6.07, 6.45) is 0.